The zero-order valence-corrected chi connectivity index (χ0v) is 16.9. The van der Waals surface area contributed by atoms with E-state index in [-0.39, 0.29) is 0 Å². The molecule has 2 N–H and O–H groups in total. The third-order valence-electron chi connectivity index (χ3n) is 5.75. The SMILES string of the molecule is CCCC(CCC(C)(C)C)C(N)C[C@H](C)C(CC)C(C)CC. The summed E-state index contributed by atoms with van der Waals surface area (Å²) in [4.78, 5) is 0. The molecule has 4 unspecified atom stereocenters. The molecule has 1 nitrogen and oxygen atoms in total. The maximum atomic E-state index is 6.67. The van der Waals surface area contributed by atoms with Crippen molar-refractivity contribution < 1.29 is 0 Å². The third-order valence-corrected chi connectivity index (χ3v) is 5.75. The molecular weight excluding hydrogens is 266 g/mol. The molecule has 0 aromatic heterocycles. The molecule has 0 aliphatic carbocycles. The summed E-state index contributed by atoms with van der Waals surface area (Å²) < 4.78 is 0. The largest absolute Gasteiger partial charge is 0.327 e. The van der Waals surface area contributed by atoms with Crippen molar-refractivity contribution in [2.24, 2.45) is 34.8 Å². The molecule has 0 bridgehead atoms. The van der Waals surface area contributed by atoms with Crippen LogP contribution in [-0.4, -0.2) is 6.04 Å². The van der Waals surface area contributed by atoms with Gasteiger partial charge in [0.2, 0.25) is 0 Å². The van der Waals surface area contributed by atoms with Gasteiger partial charge in [0, 0.05) is 6.04 Å². The zero-order valence-electron chi connectivity index (χ0n) is 16.9. The highest BCUT2D eigenvalue weighted by atomic mass is 14.7. The van der Waals surface area contributed by atoms with E-state index in [2.05, 4.69) is 55.4 Å². The first-order valence-corrected chi connectivity index (χ1v) is 9.91. The lowest BCUT2D eigenvalue weighted by Crippen LogP contribution is -2.35. The Morgan fingerprint density at radius 1 is 0.864 bits per heavy atom. The topological polar surface area (TPSA) is 26.0 Å². The second kappa shape index (κ2) is 10.7. The fraction of sp³-hybridized carbons (Fsp3) is 1.00. The van der Waals surface area contributed by atoms with Gasteiger partial charge in [-0.25, -0.2) is 0 Å². The van der Waals surface area contributed by atoms with Crippen LogP contribution in [0.2, 0.25) is 0 Å². The molecule has 0 spiro atoms. The summed E-state index contributed by atoms with van der Waals surface area (Å²) in [5, 5.41) is 0. The minimum atomic E-state index is 0.385. The van der Waals surface area contributed by atoms with Crippen LogP contribution in [0.1, 0.15) is 100 Å². The van der Waals surface area contributed by atoms with Crippen molar-refractivity contribution in [3.05, 3.63) is 0 Å². The van der Waals surface area contributed by atoms with Crippen LogP contribution < -0.4 is 5.73 Å². The summed E-state index contributed by atoms with van der Waals surface area (Å²) in [5.41, 5.74) is 7.10. The highest BCUT2D eigenvalue weighted by molar-refractivity contribution is 4.80. The number of hydrogen-bond donors (Lipinski definition) is 1. The van der Waals surface area contributed by atoms with Crippen LogP contribution in [-0.2, 0) is 0 Å². The fourth-order valence-electron chi connectivity index (χ4n) is 4.03. The Morgan fingerprint density at radius 2 is 1.45 bits per heavy atom. The normalized spacial score (nSPS) is 19.5. The molecule has 0 saturated heterocycles. The summed E-state index contributed by atoms with van der Waals surface area (Å²) in [6.45, 7) is 18.9. The lowest BCUT2D eigenvalue weighted by Gasteiger charge is -2.33. The van der Waals surface area contributed by atoms with E-state index < -0.39 is 0 Å². The Morgan fingerprint density at radius 3 is 1.86 bits per heavy atom. The molecule has 1 heteroatoms. The third kappa shape index (κ3) is 8.56. The van der Waals surface area contributed by atoms with E-state index in [1.165, 1.54) is 44.9 Å². The van der Waals surface area contributed by atoms with Crippen molar-refractivity contribution in [2.45, 2.75) is 106 Å². The van der Waals surface area contributed by atoms with E-state index in [1.54, 1.807) is 0 Å². The molecule has 0 aromatic carbocycles. The van der Waals surface area contributed by atoms with Gasteiger partial charge < -0.3 is 5.73 Å². The molecule has 0 aromatic rings. The lowest BCUT2D eigenvalue weighted by atomic mass is 9.74. The van der Waals surface area contributed by atoms with E-state index in [9.17, 15) is 0 Å². The van der Waals surface area contributed by atoms with Crippen LogP contribution >= 0.6 is 0 Å². The average Bonchev–Trinajstić information content (AvgIpc) is 2.42. The van der Waals surface area contributed by atoms with Crippen LogP contribution in [0.4, 0.5) is 0 Å². The Bertz CT molecular complexity index is 266. The minimum Gasteiger partial charge on any atom is -0.327 e. The predicted molar refractivity (Wildman–Crippen MR) is 102 cm³/mol. The van der Waals surface area contributed by atoms with Gasteiger partial charge in [-0.15, -0.1) is 0 Å². The van der Waals surface area contributed by atoms with E-state index in [4.69, 9.17) is 5.73 Å². The average molecular weight is 312 g/mol. The lowest BCUT2D eigenvalue weighted by molar-refractivity contribution is 0.194. The smallest absolute Gasteiger partial charge is 0.00698 e. The van der Waals surface area contributed by atoms with Gasteiger partial charge in [-0.2, -0.15) is 0 Å². The summed E-state index contributed by atoms with van der Waals surface area (Å²) in [6.07, 6.45) is 8.94. The first-order chi connectivity index (χ1) is 10.2. The summed E-state index contributed by atoms with van der Waals surface area (Å²) in [7, 11) is 0. The standard InChI is InChI=1S/C21H45N/c1-9-12-18(13-14-21(6,7)8)20(22)15-17(5)19(11-3)16(4)10-2/h16-20H,9-15,22H2,1-8H3/t16?,17-,18?,19?,20?/m0/s1. The van der Waals surface area contributed by atoms with Crippen LogP contribution in [0.3, 0.4) is 0 Å². The molecule has 5 atom stereocenters. The summed E-state index contributed by atoms with van der Waals surface area (Å²) >= 11 is 0. The molecular formula is C21H45N. The number of nitrogens with two attached hydrogens (primary N) is 1. The minimum absolute atomic E-state index is 0.385. The van der Waals surface area contributed by atoms with Gasteiger partial charge in [-0.3, -0.25) is 0 Å². The summed E-state index contributed by atoms with van der Waals surface area (Å²) in [5.74, 6) is 3.12. The zero-order chi connectivity index (χ0) is 17.3. The number of rotatable bonds is 11. The van der Waals surface area contributed by atoms with Crippen LogP contribution in [0.25, 0.3) is 0 Å². The molecule has 0 amide bonds. The van der Waals surface area contributed by atoms with E-state index >= 15 is 0 Å². The van der Waals surface area contributed by atoms with Crippen molar-refractivity contribution in [2.75, 3.05) is 0 Å². The quantitative estimate of drug-likeness (QED) is 0.454. The van der Waals surface area contributed by atoms with Gasteiger partial charge in [0.25, 0.3) is 0 Å². The predicted octanol–water partition coefficient (Wildman–Crippen LogP) is 6.65. The molecule has 0 aliphatic rings. The summed E-state index contributed by atoms with van der Waals surface area (Å²) in [6, 6.07) is 0.385. The molecule has 0 saturated carbocycles. The number of hydrogen-bond acceptors (Lipinski definition) is 1. The molecule has 0 radical (unpaired) electrons. The second-order valence-corrected chi connectivity index (χ2v) is 8.98. The first kappa shape index (κ1) is 22.0. The molecule has 0 fully saturated rings. The van der Waals surface area contributed by atoms with Crippen molar-refractivity contribution in [1.29, 1.82) is 0 Å². The van der Waals surface area contributed by atoms with Gasteiger partial charge in [0.1, 0.15) is 0 Å². The van der Waals surface area contributed by atoms with Gasteiger partial charge in [-0.1, -0.05) is 74.7 Å². The highest BCUT2D eigenvalue weighted by Crippen LogP contribution is 2.33. The van der Waals surface area contributed by atoms with E-state index in [1.807, 2.05) is 0 Å². The molecule has 22 heavy (non-hydrogen) atoms. The van der Waals surface area contributed by atoms with E-state index in [0.717, 1.165) is 17.8 Å². The first-order valence-electron chi connectivity index (χ1n) is 9.91. The fourth-order valence-corrected chi connectivity index (χ4v) is 4.03. The molecule has 0 aliphatic heterocycles. The Labute approximate surface area is 141 Å². The van der Waals surface area contributed by atoms with Gasteiger partial charge in [-0.05, 0) is 54.8 Å². The van der Waals surface area contributed by atoms with Crippen LogP contribution in [0, 0.1) is 29.1 Å². The van der Waals surface area contributed by atoms with Crippen molar-refractivity contribution in [1.82, 2.24) is 0 Å². The van der Waals surface area contributed by atoms with Crippen LogP contribution in [0.5, 0.6) is 0 Å². The maximum absolute atomic E-state index is 6.67. The molecule has 0 heterocycles. The van der Waals surface area contributed by atoms with Crippen LogP contribution in [0.15, 0.2) is 0 Å². The van der Waals surface area contributed by atoms with E-state index in [0.29, 0.717) is 17.4 Å². The Kier molecular flexibility index (Phi) is 10.7. The molecule has 0 rings (SSSR count). The monoisotopic (exact) mass is 311 g/mol. The maximum Gasteiger partial charge on any atom is 0.00698 e. The molecule has 134 valence electrons. The highest BCUT2D eigenvalue weighted by Gasteiger charge is 2.26. The van der Waals surface area contributed by atoms with Crippen molar-refractivity contribution >= 4 is 0 Å². The van der Waals surface area contributed by atoms with Gasteiger partial charge in [0.15, 0.2) is 0 Å². The Hall–Kier alpha value is -0.0400. The second-order valence-electron chi connectivity index (χ2n) is 8.98. The van der Waals surface area contributed by atoms with Gasteiger partial charge >= 0.3 is 0 Å². The van der Waals surface area contributed by atoms with Crippen molar-refractivity contribution in [3.8, 4) is 0 Å². The van der Waals surface area contributed by atoms with Crippen molar-refractivity contribution in [3.63, 3.8) is 0 Å². The van der Waals surface area contributed by atoms with Gasteiger partial charge in [0.05, 0.1) is 0 Å². The Balaban J connectivity index is 4.62.